The minimum atomic E-state index is 1.24. The summed E-state index contributed by atoms with van der Waals surface area (Å²) in [6.07, 6.45) is 0. The van der Waals surface area contributed by atoms with Crippen LogP contribution in [0.4, 0.5) is 0 Å². The monoisotopic (exact) mass is 522 g/mol. The van der Waals surface area contributed by atoms with Crippen molar-refractivity contribution < 1.29 is 0 Å². The maximum atomic E-state index is 2.21. The molecular formula is C36H26S2. The van der Waals surface area contributed by atoms with Crippen LogP contribution in [0.2, 0.25) is 0 Å². The fourth-order valence-corrected chi connectivity index (χ4v) is 6.03. The van der Waals surface area contributed by atoms with Crippen molar-refractivity contribution in [3.05, 3.63) is 158 Å². The van der Waals surface area contributed by atoms with Crippen LogP contribution in [0.3, 0.4) is 0 Å². The Morgan fingerprint density at radius 3 is 0.711 bits per heavy atom. The van der Waals surface area contributed by atoms with Crippen LogP contribution in [0.5, 0.6) is 0 Å². The van der Waals surface area contributed by atoms with E-state index in [0.717, 1.165) is 0 Å². The Balaban J connectivity index is 1.07. The molecule has 0 amide bonds. The molecule has 0 heterocycles. The smallest absolute Gasteiger partial charge is 0.0123 e. The predicted molar refractivity (Wildman–Crippen MR) is 164 cm³/mol. The minimum Gasteiger partial charge on any atom is -0.0901 e. The SMILES string of the molecule is c1ccc(-c2ccc(Sc3ccc(Sc4ccc(-c5ccc(-c6ccccc6)cc5)cc4)cc3)cc2)cc1. The number of hydrogen-bond acceptors (Lipinski definition) is 2. The standard InChI is InChI=1S/C36H26S2/c1-3-7-27(8-4-1)29-11-13-30(14-12-29)32-17-21-34(22-18-32)38-36-25-23-35(24-26-36)37-33-19-15-31(16-20-33)28-9-5-2-6-10-28/h1-26H. The van der Waals surface area contributed by atoms with Crippen molar-refractivity contribution >= 4 is 23.5 Å². The van der Waals surface area contributed by atoms with Crippen molar-refractivity contribution in [1.82, 2.24) is 0 Å². The zero-order valence-corrected chi connectivity index (χ0v) is 22.5. The normalized spacial score (nSPS) is 10.8. The van der Waals surface area contributed by atoms with E-state index in [1.54, 1.807) is 23.5 Å². The lowest BCUT2D eigenvalue weighted by Crippen LogP contribution is -1.81. The fourth-order valence-electron chi connectivity index (χ4n) is 4.40. The molecule has 0 saturated heterocycles. The van der Waals surface area contributed by atoms with E-state index in [4.69, 9.17) is 0 Å². The zero-order valence-electron chi connectivity index (χ0n) is 20.8. The van der Waals surface area contributed by atoms with Gasteiger partial charge in [-0.2, -0.15) is 0 Å². The molecule has 0 radical (unpaired) electrons. The molecule has 0 N–H and O–H groups in total. The van der Waals surface area contributed by atoms with Crippen LogP contribution < -0.4 is 0 Å². The summed E-state index contributed by atoms with van der Waals surface area (Å²) in [6.45, 7) is 0. The molecule has 0 aliphatic heterocycles. The molecule has 6 aromatic carbocycles. The molecule has 6 aromatic rings. The fraction of sp³-hybridized carbons (Fsp3) is 0. The summed E-state index contributed by atoms with van der Waals surface area (Å²) in [5.41, 5.74) is 7.46. The molecule has 38 heavy (non-hydrogen) atoms. The van der Waals surface area contributed by atoms with E-state index < -0.39 is 0 Å². The lowest BCUT2D eigenvalue weighted by atomic mass is 10.0. The molecule has 0 aliphatic rings. The van der Waals surface area contributed by atoms with E-state index in [1.807, 2.05) is 0 Å². The van der Waals surface area contributed by atoms with Gasteiger partial charge in [-0.25, -0.2) is 0 Å². The van der Waals surface area contributed by atoms with E-state index in [0.29, 0.717) is 0 Å². The van der Waals surface area contributed by atoms with Gasteiger partial charge < -0.3 is 0 Å². The van der Waals surface area contributed by atoms with E-state index in [9.17, 15) is 0 Å². The summed E-state index contributed by atoms with van der Waals surface area (Å²) in [5, 5.41) is 0. The second-order valence-electron chi connectivity index (χ2n) is 9.03. The molecule has 0 bridgehead atoms. The topological polar surface area (TPSA) is 0 Å². The number of hydrogen-bond donors (Lipinski definition) is 0. The highest BCUT2D eigenvalue weighted by atomic mass is 32.2. The molecule has 0 atom stereocenters. The van der Waals surface area contributed by atoms with Crippen LogP contribution in [-0.2, 0) is 0 Å². The van der Waals surface area contributed by atoms with Crippen molar-refractivity contribution in [3.63, 3.8) is 0 Å². The Morgan fingerprint density at radius 2 is 0.421 bits per heavy atom. The summed E-state index contributed by atoms with van der Waals surface area (Å²) in [7, 11) is 0. The Kier molecular flexibility index (Phi) is 7.44. The van der Waals surface area contributed by atoms with Gasteiger partial charge in [0.05, 0.1) is 0 Å². The van der Waals surface area contributed by atoms with Gasteiger partial charge in [0.15, 0.2) is 0 Å². The second kappa shape index (κ2) is 11.6. The summed E-state index contributed by atoms with van der Waals surface area (Å²) in [6, 6.07) is 56.3. The van der Waals surface area contributed by atoms with Crippen molar-refractivity contribution in [1.29, 1.82) is 0 Å². The summed E-state index contributed by atoms with van der Waals surface area (Å²) >= 11 is 3.59. The van der Waals surface area contributed by atoms with E-state index in [2.05, 4.69) is 158 Å². The van der Waals surface area contributed by atoms with Gasteiger partial charge in [-0.3, -0.25) is 0 Å². The molecule has 182 valence electrons. The van der Waals surface area contributed by atoms with Crippen molar-refractivity contribution in [2.75, 3.05) is 0 Å². The Hall–Kier alpha value is -3.98. The molecule has 0 fully saturated rings. The maximum Gasteiger partial charge on any atom is 0.0123 e. The van der Waals surface area contributed by atoms with Crippen LogP contribution in [0, 0.1) is 0 Å². The van der Waals surface area contributed by atoms with Crippen LogP contribution in [0.1, 0.15) is 0 Å². The Labute approximate surface area is 233 Å². The zero-order chi connectivity index (χ0) is 25.6. The van der Waals surface area contributed by atoms with E-state index in [1.165, 1.54) is 53.0 Å². The molecule has 2 heteroatoms. The van der Waals surface area contributed by atoms with Crippen LogP contribution >= 0.6 is 23.5 Å². The van der Waals surface area contributed by atoms with Crippen molar-refractivity contribution in [3.8, 4) is 33.4 Å². The highest BCUT2D eigenvalue weighted by molar-refractivity contribution is 7.99. The average molecular weight is 523 g/mol. The van der Waals surface area contributed by atoms with Crippen molar-refractivity contribution in [2.24, 2.45) is 0 Å². The minimum absolute atomic E-state index is 1.24. The first-order chi connectivity index (χ1) is 18.8. The van der Waals surface area contributed by atoms with Gasteiger partial charge in [-0.05, 0) is 81.9 Å². The molecule has 0 unspecified atom stereocenters. The van der Waals surface area contributed by atoms with Crippen LogP contribution in [0.25, 0.3) is 33.4 Å². The largest absolute Gasteiger partial charge is 0.0901 e. The van der Waals surface area contributed by atoms with Gasteiger partial charge in [0.1, 0.15) is 0 Å². The lowest BCUT2D eigenvalue weighted by Gasteiger charge is -2.08. The first-order valence-corrected chi connectivity index (χ1v) is 14.3. The van der Waals surface area contributed by atoms with E-state index >= 15 is 0 Å². The van der Waals surface area contributed by atoms with Crippen molar-refractivity contribution in [2.45, 2.75) is 19.6 Å². The Morgan fingerprint density at radius 1 is 0.211 bits per heavy atom. The first-order valence-electron chi connectivity index (χ1n) is 12.7. The molecule has 0 aromatic heterocycles. The molecule has 0 spiro atoms. The van der Waals surface area contributed by atoms with Gasteiger partial charge in [0.25, 0.3) is 0 Å². The lowest BCUT2D eigenvalue weighted by molar-refractivity contribution is 1.33. The van der Waals surface area contributed by atoms with Gasteiger partial charge in [-0.15, -0.1) is 0 Å². The van der Waals surface area contributed by atoms with Gasteiger partial charge in [0, 0.05) is 19.6 Å². The number of benzene rings is 6. The summed E-state index contributed by atoms with van der Waals surface area (Å²) in [4.78, 5) is 4.98. The van der Waals surface area contributed by atoms with Gasteiger partial charge in [-0.1, -0.05) is 133 Å². The molecule has 0 aliphatic carbocycles. The predicted octanol–water partition coefficient (Wildman–Crippen LogP) is 11.0. The second-order valence-corrected chi connectivity index (χ2v) is 11.3. The van der Waals surface area contributed by atoms with Gasteiger partial charge in [0.2, 0.25) is 0 Å². The third-order valence-corrected chi connectivity index (χ3v) is 8.47. The molecule has 6 rings (SSSR count). The first kappa shape index (κ1) is 24.4. The summed E-state index contributed by atoms with van der Waals surface area (Å²) in [5.74, 6) is 0. The molecular weight excluding hydrogens is 497 g/mol. The molecule has 0 saturated carbocycles. The third-order valence-electron chi connectivity index (χ3n) is 6.44. The van der Waals surface area contributed by atoms with Crippen LogP contribution in [0.15, 0.2) is 177 Å². The summed E-state index contributed by atoms with van der Waals surface area (Å²) < 4.78 is 0. The van der Waals surface area contributed by atoms with Crippen LogP contribution in [-0.4, -0.2) is 0 Å². The third kappa shape index (κ3) is 5.94. The molecule has 0 nitrogen and oxygen atoms in total. The van der Waals surface area contributed by atoms with E-state index in [-0.39, 0.29) is 0 Å². The average Bonchev–Trinajstić information content (AvgIpc) is 3.00. The Bertz CT molecular complexity index is 1590. The highest BCUT2D eigenvalue weighted by Gasteiger charge is 2.04. The number of rotatable bonds is 7. The maximum absolute atomic E-state index is 2.21. The van der Waals surface area contributed by atoms with Gasteiger partial charge >= 0.3 is 0 Å². The highest BCUT2D eigenvalue weighted by Crippen LogP contribution is 2.34. The quantitative estimate of drug-likeness (QED) is 0.204.